The van der Waals surface area contributed by atoms with E-state index in [0.29, 0.717) is 25.4 Å². The van der Waals surface area contributed by atoms with Gasteiger partial charge in [0.1, 0.15) is 6.67 Å². The first-order chi connectivity index (χ1) is 8.67. The number of carbonyl (C=O) groups is 1. The predicted molar refractivity (Wildman–Crippen MR) is 71.3 cm³/mol. The number of alkyl halides is 2. The van der Waals surface area contributed by atoms with E-state index >= 15 is 0 Å². The molecule has 0 aliphatic heterocycles. The molecule has 1 aromatic carbocycles. The highest BCUT2D eigenvalue weighted by molar-refractivity contribution is 6.18. The number of aryl methyl sites for hydroxylation is 1. The third-order valence-corrected chi connectivity index (χ3v) is 2.81. The molecule has 0 heterocycles. The fraction of sp³-hybridized carbons (Fsp3) is 0.462. The lowest BCUT2D eigenvalue weighted by atomic mass is 10.1. The van der Waals surface area contributed by atoms with Gasteiger partial charge in [0.2, 0.25) is 0 Å². The number of aliphatic carboxylic acids is 1. The van der Waals surface area contributed by atoms with Crippen LogP contribution in [-0.4, -0.2) is 36.7 Å². The largest absolute Gasteiger partial charge is 0.481 e. The summed E-state index contributed by atoms with van der Waals surface area (Å²) in [5.41, 5.74) is 1.87. The van der Waals surface area contributed by atoms with Gasteiger partial charge in [-0.2, -0.15) is 0 Å². The number of halogens is 2. The first-order valence-electron chi connectivity index (χ1n) is 5.85. The van der Waals surface area contributed by atoms with Gasteiger partial charge in [0.25, 0.3) is 0 Å². The number of hydrogen-bond donors (Lipinski definition) is 1. The van der Waals surface area contributed by atoms with E-state index in [-0.39, 0.29) is 6.42 Å². The number of carboxylic acids is 1. The van der Waals surface area contributed by atoms with Crippen molar-refractivity contribution in [1.29, 1.82) is 0 Å². The zero-order chi connectivity index (χ0) is 13.4. The van der Waals surface area contributed by atoms with E-state index in [0.717, 1.165) is 11.3 Å². The normalized spacial score (nSPS) is 10.3. The highest BCUT2D eigenvalue weighted by atomic mass is 35.5. The highest BCUT2D eigenvalue weighted by Crippen LogP contribution is 2.16. The average molecular weight is 274 g/mol. The molecule has 100 valence electrons. The smallest absolute Gasteiger partial charge is 0.303 e. The van der Waals surface area contributed by atoms with E-state index in [1.165, 1.54) is 0 Å². The van der Waals surface area contributed by atoms with Crippen molar-refractivity contribution in [1.82, 2.24) is 0 Å². The molecular formula is C13H17ClFNO2. The molecule has 0 saturated carbocycles. The van der Waals surface area contributed by atoms with E-state index in [4.69, 9.17) is 16.7 Å². The number of nitrogens with zero attached hydrogens (tertiary/aromatic N) is 1. The van der Waals surface area contributed by atoms with E-state index in [2.05, 4.69) is 0 Å². The Morgan fingerprint density at radius 3 is 2.44 bits per heavy atom. The molecule has 1 N–H and O–H groups in total. The van der Waals surface area contributed by atoms with Crippen LogP contribution in [0.25, 0.3) is 0 Å². The predicted octanol–water partition coefficient (Wildman–Crippen LogP) is 2.72. The molecule has 0 amide bonds. The standard InChI is InChI=1S/C13H17ClFNO2/c14-7-9-16(10-8-15)12-4-1-11(2-5-12)3-6-13(17)18/h1-2,4-5H,3,6-10H2,(H,17,18). The van der Waals surface area contributed by atoms with Crippen LogP contribution in [0.1, 0.15) is 12.0 Å². The molecule has 0 fully saturated rings. The molecule has 1 aromatic rings. The molecule has 0 aliphatic rings. The maximum atomic E-state index is 12.4. The quantitative estimate of drug-likeness (QED) is 0.741. The van der Waals surface area contributed by atoms with E-state index in [1.807, 2.05) is 29.2 Å². The number of benzene rings is 1. The molecule has 5 heteroatoms. The van der Waals surface area contributed by atoms with Crippen LogP contribution in [0.15, 0.2) is 24.3 Å². The van der Waals surface area contributed by atoms with Gasteiger partial charge in [-0.1, -0.05) is 12.1 Å². The molecule has 0 aromatic heterocycles. The van der Waals surface area contributed by atoms with Gasteiger partial charge in [-0.25, -0.2) is 4.39 Å². The summed E-state index contributed by atoms with van der Waals surface area (Å²) in [6.07, 6.45) is 0.628. The minimum absolute atomic E-state index is 0.120. The first-order valence-corrected chi connectivity index (χ1v) is 6.38. The fourth-order valence-corrected chi connectivity index (χ4v) is 1.90. The van der Waals surface area contributed by atoms with Crippen LogP contribution in [0, 0.1) is 0 Å². The molecule has 0 aliphatic carbocycles. The molecule has 0 spiro atoms. The molecule has 0 atom stereocenters. The SMILES string of the molecule is O=C(O)CCc1ccc(N(CCF)CCCl)cc1. The summed E-state index contributed by atoms with van der Waals surface area (Å²) in [5.74, 6) is -0.360. The van der Waals surface area contributed by atoms with Gasteiger partial charge in [-0.3, -0.25) is 4.79 Å². The summed E-state index contributed by atoms with van der Waals surface area (Å²) >= 11 is 5.67. The molecule has 0 bridgehead atoms. The van der Waals surface area contributed by atoms with Crippen molar-refractivity contribution in [2.75, 3.05) is 30.5 Å². The fourth-order valence-electron chi connectivity index (χ4n) is 1.70. The zero-order valence-electron chi connectivity index (χ0n) is 10.1. The molecule has 3 nitrogen and oxygen atoms in total. The molecule has 1 rings (SSSR count). The lowest BCUT2D eigenvalue weighted by molar-refractivity contribution is -0.136. The third kappa shape index (κ3) is 4.92. The van der Waals surface area contributed by atoms with Crippen LogP contribution in [0.2, 0.25) is 0 Å². The summed E-state index contributed by atoms with van der Waals surface area (Å²) in [6.45, 7) is 0.499. The maximum Gasteiger partial charge on any atom is 0.303 e. The highest BCUT2D eigenvalue weighted by Gasteiger charge is 2.06. The van der Waals surface area contributed by atoms with E-state index in [1.54, 1.807) is 0 Å². The molecule has 18 heavy (non-hydrogen) atoms. The maximum absolute atomic E-state index is 12.4. The third-order valence-electron chi connectivity index (χ3n) is 2.64. The average Bonchev–Trinajstić information content (AvgIpc) is 2.37. The lowest BCUT2D eigenvalue weighted by Crippen LogP contribution is -2.27. The van der Waals surface area contributed by atoms with E-state index < -0.39 is 12.6 Å². The van der Waals surface area contributed by atoms with E-state index in [9.17, 15) is 9.18 Å². The van der Waals surface area contributed by atoms with Gasteiger partial charge >= 0.3 is 5.97 Å². The Labute approximate surface area is 111 Å². The first kappa shape index (κ1) is 14.8. The van der Waals surface area contributed by atoms with Gasteiger partial charge in [0, 0.05) is 31.1 Å². The Morgan fingerprint density at radius 1 is 1.28 bits per heavy atom. The van der Waals surface area contributed by atoms with Crippen LogP contribution in [-0.2, 0) is 11.2 Å². The van der Waals surface area contributed by atoms with Crippen LogP contribution in [0.3, 0.4) is 0 Å². The number of carboxylic acid groups (broad SMARTS) is 1. The van der Waals surface area contributed by atoms with Gasteiger partial charge in [0.15, 0.2) is 0 Å². The molecule has 0 radical (unpaired) electrons. The van der Waals surface area contributed by atoms with Crippen molar-refractivity contribution in [3.05, 3.63) is 29.8 Å². The van der Waals surface area contributed by atoms with Crippen molar-refractivity contribution in [3.8, 4) is 0 Å². The summed E-state index contributed by atoms with van der Waals surface area (Å²) in [6, 6.07) is 7.49. The number of rotatable bonds is 8. The van der Waals surface area contributed by atoms with Gasteiger partial charge in [-0.15, -0.1) is 11.6 Å². The number of hydrogen-bond acceptors (Lipinski definition) is 2. The molecule has 0 saturated heterocycles. The van der Waals surface area contributed by atoms with Gasteiger partial charge in [-0.05, 0) is 24.1 Å². The van der Waals surface area contributed by atoms with Crippen molar-refractivity contribution in [2.45, 2.75) is 12.8 Å². The summed E-state index contributed by atoms with van der Waals surface area (Å²) in [4.78, 5) is 12.3. The summed E-state index contributed by atoms with van der Waals surface area (Å²) < 4.78 is 12.4. The Morgan fingerprint density at radius 2 is 1.94 bits per heavy atom. The Kier molecular flexibility index (Phi) is 6.50. The Balaban J connectivity index is 2.64. The Hall–Kier alpha value is -1.29. The zero-order valence-corrected chi connectivity index (χ0v) is 10.9. The second kappa shape index (κ2) is 7.93. The van der Waals surface area contributed by atoms with Crippen molar-refractivity contribution < 1.29 is 14.3 Å². The van der Waals surface area contributed by atoms with Crippen LogP contribution < -0.4 is 4.90 Å². The van der Waals surface area contributed by atoms with Crippen LogP contribution in [0.4, 0.5) is 10.1 Å². The summed E-state index contributed by atoms with van der Waals surface area (Å²) in [7, 11) is 0. The minimum Gasteiger partial charge on any atom is -0.481 e. The Bertz CT molecular complexity index is 364. The van der Waals surface area contributed by atoms with Gasteiger partial charge in [0.05, 0.1) is 0 Å². The van der Waals surface area contributed by atoms with Crippen molar-refractivity contribution >= 4 is 23.3 Å². The van der Waals surface area contributed by atoms with Gasteiger partial charge < -0.3 is 10.0 Å². The van der Waals surface area contributed by atoms with Crippen LogP contribution in [0.5, 0.6) is 0 Å². The van der Waals surface area contributed by atoms with Crippen molar-refractivity contribution in [3.63, 3.8) is 0 Å². The molecule has 0 unspecified atom stereocenters. The van der Waals surface area contributed by atoms with Crippen molar-refractivity contribution in [2.24, 2.45) is 0 Å². The second-order valence-corrected chi connectivity index (χ2v) is 4.30. The molecular weight excluding hydrogens is 257 g/mol. The monoisotopic (exact) mass is 273 g/mol. The number of anilines is 1. The minimum atomic E-state index is -0.805. The lowest BCUT2D eigenvalue weighted by Gasteiger charge is -2.22. The second-order valence-electron chi connectivity index (χ2n) is 3.93. The van der Waals surface area contributed by atoms with Crippen LogP contribution >= 0.6 is 11.6 Å². The summed E-state index contributed by atoms with van der Waals surface area (Å²) in [5, 5.41) is 8.59. The topological polar surface area (TPSA) is 40.5 Å².